The first-order valence-electron chi connectivity index (χ1n) is 11.0. The highest BCUT2D eigenvalue weighted by Gasteiger charge is 2.49. The first kappa shape index (κ1) is 21.6. The number of rotatable bonds is 4. The Hall–Kier alpha value is -3.20. The number of hydrogen-bond donors (Lipinski definition) is 2. The minimum atomic E-state index is -0.452. The number of anilines is 2. The topological polar surface area (TPSA) is 91.6 Å². The quantitative estimate of drug-likeness (QED) is 0.607. The van der Waals surface area contributed by atoms with Crippen molar-refractivity contribution >= 4 is 40.6 Å². The molecule has 2 amide bonds. The van der Waals surface area contributed by atoms with E-state index in [4.69, 9.17) is 11.6 Å². The molecule has 172 valence electrons. The molecule has 0 atom stereocenters. The smallest absolute Gasteiger partial charge is 0.256 e. The van der Waals surface area contributed by atoms with Crippen LogP contribution >= 0.6 is 11.6 Å². The summed E-state index contributed by atoms with van der Waals surface area (Å²) in [5.41, 5.74) is 1.01. The third kappa shape index (κ3) is 3.80. The average Bonchev–Trinajstić information content (AvgIpc) is 3.37. The second kappa shape index (κ2) is 8.30. The van der Waals surface area contributed by atoms with Gasteiger partial charge in [0.15, 0.2) is 5.65 Å². The molecule has 0 bridgehead atoms. The largest absolute Gasteiger partial charge is 0.373 e. The van der Waals surface area contributed by atoms with Crippen molar-refractivity contribution in [3.05, 3.63) is 53.1 Å². The third-order valence-corrected chi connectivity index (χ3v) is 7.16. The zero-order valence-corrected chi connectivity index (χ0v) is 18.9. The third-order valence-electron chi connectivity index (χ3n) is 6.86. The molecular formula is C23H24ClFN6O2. The lowest BCUT2D eigenvalue weighted by Crippen LogP contribution is -2.44. The fourth-order valence-corrected chi connectivity index (χ4v) is 5.23. The van der Waals surface area contributed by atoms with Gasteiger partial charge in [-0.05, 0) is 56.4 Å². The molecule has 2 fully saturated rings. The lowest BCUT2D eigenvalue weighted by atomic mass is 9.71. The minimum absolute atomic E-state index is 0.0261. The number of nitrogens with zero attached hydrogens (tertiary/aromatic N) is 4. The number of fused-ring (bicyclic) bond motifs is 1. The predicted molar refractivity (Wildman–Crippen MR) is 123 cm³/mol. The summed E-state index contributed by atoms with van der Waals surface area (Å²) in [5.74, 6) is 0.0449. The van der Waals surface area contributed by atoms with E-state index in [0.29, 0.717) is 54.9 Å². The summed E-state index contributed by atoms with van der Waals surface area (Å²) < 4.78 is 15.0. The number of carbonyl (C=O) groups is 2. The lowest BCUT2D eigenvalue weighted by molar-refractivity contribution is -0.127. The highest BCUT2D eigenvalue weighted by molar-refractivity contribution is 6.34. The maximum Gasteiger partial charge on any atom is 0.256 e. The highest BCUT2D eigenvalue weighted by atomic mass is 35.5. The second-order valence-electron chi connectivity index (χ2n) is 8.72. The molecule has 10 heteroatoms. The molecule has 3 heterocycles. The van der Waals surface area contributed by atoms with Gasteiger partial charge in [0.1, 0.15) is 17.2 Å². The van der Waals surface area contributed by atoms with E-state index < -0.39 is 11.2 Å². The van der Waals surface area contributed by atoms with Gasteiger partial charge in [-0.2, -0.15) is 5.10 Å². The summed E-state index contributed by atoms with van der Waals surface area (Å²) in [7, 11) is 1.77. The van der Waals surface area contributed by atoms with Gasteiger partial charge >= 0.3 is 0 Å². The van der Waals surface area contributed by atoms with E-state index in [1.807, 2.05) is 0 Å². The molecule has 1 saturated heterocycles. The van der Waals surface area contributed by atoms with Crippen molar-refractivity contribution in [2.24, 2.45) is 5.41 Å². The Bertz CT molecular complexity index is 1240. The van der Waals surface area contributed by atoms with Crippen molar-refractivity contribution in [1.29, 1.82) is 0 Å². The summed E-state index contributed by atoms with van der Waals surface area (Å²) in [6.07, 6.45) is 6.77. The van der Waals surface area contributed by atoms with Crippen molar-refractivity contribution in [2.75, 3.05) is 23.8 Å². The summed E-state index contributed by atoms with van der Waals surface area (Å²) >= 11 is 6.19. The molecule has 0 unspecified atom stereocenters. The Morgan fingerprint density at radius 3 is 2.76 bits per heavy atom. The number of benzene rings is 1. The fraction of sp³-hybridized carbons (Fsp3) is 0.391. The molecule has 1 spiro atoms. The first-order valence-corrected chi connectivity index (χ1v) is 11.4. The van der Waals surface area contributed by atoms with Gasteiger partial charge in [0.05, 0.1) is 22.3 Å². The number of nitrogens with one attached hydrogen (secondary N) is 2. The van der Waals surface area contributed by atoms with E-state index in [1.54, 1.807) is 34.8 Å². The second-order valence-corrected chi connectivity index (χ2v) is 9.13. The van der Waals surface area contributed by atoms with E-state index in [2.05, 4.69) is 20.7 Å². The Kier molecular flexibility index (Phi) is 5.44. The standard InChI is InChI=1S/C23H24ClFN6O2/c1-26-19-6-10-31-20(29-19)16(13-27-31)21(32)28-15-4-7-23(8-5-15)9-11-30(22(23)33)18-3-2-14(25)12-17(18)24/h2-3,6,10,12-13,15H,4-5,7-9,11H2,1H3,(H,26,29)(H,28,32). The molecule has 3 aromatic rings. The van der Waals surface area contributed by atoms with Crippen molar-refractivity contribution in [2.45, 2.75) is 38.1 Å². The van der Waals surface area contributed by atoms with Gasteiger partial charge in [0.2, 0.25) is 5.91 Å². The molecule has 5 rings (SSSR count). The molecular weight excluding hydrogens is 447 g/mol. The van der Waals surface area contributed by atoms with Crippen LogP contribution in [0.1, 0.15) is 42.5 Å². The van der Waals surface area contributed by atoms with E-state index in [1.165, 1.54) is 18.3 Å². The SMILES string of the molecule is CNc1ccn2ncc(C(=O)NC3CCC4(CC3)CCN(c3ccc(F)cc3Cl)C4=O)c2n1. The summed E-state index contributed by atoms with van der Waals surface area (Å²) in [4.78, 5) is 32.3. The monoisotopic (exact) mass is 470 g/mol. The van der Waals surface area contributed by atoms with Gasteiger partial charge in [-0.3, -0.25) is 9.59 Å². The van der Waals surface area contributed by atoms with E-state index in [9.17, 15) is 14.0 Å². The molecule has 8 nitrogen and oxygen atoms in total. The first-order chi connectivity index (χ1) is 15.9. The number of aromatic nitrogens is 3. The molecule has 1 saturated carbocycles. The van der Waals surface area contributed by atoms with Crippen LogP contribution in [0.5, 0.6) is 0 Å². The van der Waals surface area contributed by atoms with Crippen LogP contribution in [0, 0.1) is 11.2 Å². The maximum absolute atomic E-state index is 13.4. The Morgan fingerprint density at radius 2 is 2.03 bits per heavy atom. The van der Waals surface area contributed by atoms with E-state index >= 15 is 0 Å². The van der Waals surface area contributed by atoms with Crippen LogP contribution in [0.4, 0.5) is 15.9 Å². The van der Waals surface area contributed by atoms with Crippen LogP contribution in [0.3, 0.4) is 0 Å². The van der Waals surface area contributed by atoms with Crippen molar-refractivity contribution < 1.29 is 14.0 Å². The normalized spacial score (nSPS) is 22.8. The number of halogens is 2. The average molecular weight is 471 g/mol. The van der Waals surface area contributed by atoms with Gasteiger partial charge in [-0.25, -0.2) is 13.9 Å². The van der Waals surface area contributed by atoms with Gasteiger partial charge in [0.25, 0.3) is 5.91 Å². The Labute approximate surface area is 195 Å². The summed E-state index contributed by atoms with van der Waals surface area (Å²) in [6, 6.07) is 5.87. The number of amides is 2. The van der Waals surface area contributed by atoms with E-state index in [0.717, 1.165) is 6.42 Å². The predicted octanol–water partition coefficient (Wildman–Crippen LogP) is 3.66. The maximum atomic E-state index is 13.4. The molecule has 33 heavy (non-hydrogen) atoms. The minimum Gasteiger partial charge on any atom is -0.373 e. The molecule has 2 aliphatic rings. The lowest BCUT2D eigenvalue weighted by Gasteiger charge is -2.36. The van der Waals surface area contributed by atoms with Crippen LogP contribution in [0.25, 0.3) is 5.65 Å². The highest BCUT2D eigenvalue weighted by Crippen LogP contribution is 2.47. The van der Waals surface area contributed by atoms with Crippen molar-refractivity contribution in [3.63, 3.8) is 0 Å². The Morgan fingerprint density at radius 1 is 1.24 bits per heavy atom. The van der Waals surface area contributed by atoms with Gasteiger partial charge in [0, 0.05) is 25.8 Å². The number of hydrogen-bond acceptors (Lipinski definition) is 5. The molecule has 1 aromatic carbocycles. The Balaban J connectivity index is 1.25. The number of carbonyl (C=O) groups excluding carboxylic acids is 2. The summed E-state index contributed by atoms with van der Waals surface area (Å²) in [5, 5.41) is 10.5. The molecule has 2 aromatic heterocycles. The van der Waals surface area contributed by atoms with Crippen molar-refractivity contribution in [3.8, 4) is 0 Å². The van der Waals surface area contributed by atoms with Gasteiger partial charge < -0.3 is 15.5 Å². The van der Waals surface area contributed by atoms with Gasteiger partial charge in [-0.15, -0.1) is 0 Å². The van der Waals surface area contributed by atoms with Crippen LogP contribution < -0.4 is 15.5 Å². The molecule has 1 aliphatic heterocycles. The van der Waals surface area contributed by atoms with Crippen molar-refractivity contribution in [1.82, 2.24) is 19.9 Å². The van der Waals surface area contributed by atoms with E-state index in [-0.39, 0.29) is 22.9 Å². The summed E-state index contributed by atoms with van der Waals surface area (Å²) in [6.45, 7) is 0.559. The van der Waals surface area contributed by atoms with Crippen LogP contribution in [0.15, 0.2) is 36.7 Å². The zero-order valence-electron chi connectivity index (χ0n) is 18.1. The van der Waals surface area contributed by atoms with Gasteiger partial charge in [-0.1, -0.05) is 11.6 Å². The van der Waals surface area contributed by atoms with Crippen LogP contribution in [-0.2, 0) is 4.79 Å². The fourth-order valence-electron chi connectivity index (χ4n) is 4.96. The molecule has 0 radical (unpaired) electrons. The molecule has 1 aliphatic carbocycles. The molecule has 2 N–H and O–H groups in total. The van der Waals surface area contributed by atoms with Crippen LogP contribution in [0.2, 0.25) is 5.02 Å². The zero-order chi connectivity index (χ0) is 23.2. The van der Waals surface area contributed by atoms with Crippen LogP contribution in [-0.4, -0.2) is 46.0 Å².